The van der Waals surface area contributed by atoms with E-state index in [1.165, 1.54) is 20.3 Å². The maximum Gasteiger partial charge on any atom is 0.274 e. The Morgan fingerprint density at radius 2 is 1.80 bits per heavy atom. The molecule has 3 rings (SSSR count). The van der Waals surface area contributed by atoms with E-state index in [0.717, 1.165) is 11.5 Å². The number of methoxy groups -OCH3 is 2. The molecule has 0 saturated heterocycles. The van der Waals surface area contributed by atoms with Crippen molar-refractivity contribution in [2.45, 2.75) is 0 Å². The van der Waals surface area contributed by atoms with E-state index in [-0.39, 0.29) is 22.9 Å². The summed E-state index contributed by atoms with van der Waals surface area (Å²) in [6.07, 6.45) is 0. The standard InChI is InChI=1S/C18H14ClFN2O3/c1-24-16-9-17(25-2)15(8-12(16)20)22-18(23)13-6-4-10-3-5-11(19)7-14(10)21-13/h3-9H,1-2H3,(H,22,23). The highest BCUT2D eigenvalue weighted by Gasteiger charge is 2.15. The Kier molecular flexibility index (Phi) is 4.72. The predicted octanol–water partition coefficient (Wildman–Crippen LogP) is 4.30. The molecule has 0 spiro atoms. The smallest absolute Gasteiger partial charge is 0.274 e. The SMILES string of the molecule is COc1cc(OC)c(NC(=O)c2ccc3ccc(Cl)cc3n2)cc1F. The summed E-state index contributed by atoms with van der Waals surface area (Å²) in [6.45, 7) is 0. The number of nitrogens with zero attached hydrogens (tertiary/aromatic N) is 1. The summed E-state index contributed by atoms with van der Waals surface area (Å²) in [4.78, 5) is 16.7. The highest BCUT2D eigenvalue weighted by molar-refractivity contribution is 6.31. The fourth-order valence-electron chi connectivity index (χ4n) is 2.36. The van der Waals surface area contributed by atoms with E-state index >= 15 is 0 Å². The molecule has 0 atom stereocenters. The van der Waals surface area contributed by atoms with Crippen LogP contribution in [0.3, 0.4) is 0 Å². The molecule has 0 unspecified atom stereocenters. The van der Waals surface area contributed by atoms with Crippen molar-refractivity contribution in [1.29, 1.82) is 0 Å². The van der Waals surface area contributed by atoms with Crippen LogP contribution in [0, 0.1) is 5.82 Å². The number of hydrogen-bond acceptors (Lipinski definition) is 4. The molecule has 0 saturated carbocycles. The lowest BCUT2D eigenvalue weighted by atomic mass is 10.2. The van der Waals surface area contributed by atoms with Crippen molar-refractivity contribution >= 4 is 34.1 Å². The number of halogens is 2. The van der Waals surface area contributed by atoms with Gasteiger partial charge in [0, 0.05) is 22.5 Å². The van der Waals surface area contributed by atoms with Gasteiger partial charge >= 0.3 is 0 Å². The summed E-state index contributed by atoms with van der Waals surface area (Å²) in [5.74, 6) is -0.814. The van der Waals surface area contributed by atoms with Gasteiger partial charge in [-0.05, 0) is 18.2 Å². The van der Waals surface area contributed by atoms with Crippen LogP contribution in [0.5, 0.6) is 11.5 Å². The Hall–Kier alpha value is -2.86. The molecule has 0 aliphatic rings. The summed E-state index contributed by atoms with van der Waals surface area (Å²) < 4.78 is 24.0. The third-order valence-electron chi connectivity index (χ3n) is 3.61. The fraction of sp³-hybridized carbons (Fsp3) is 0.111. The molecule has 2 aromatic carbocycles. The third kappa shape index (κ3) is 3.49. The van der Waals surface area contributed by atoms with Crippen molar-refractivity contribution in [1.82, 2.24) is 4.98 Å². The second kappa shape index (κ2) is 6.94. The molecule has 0 fully saturated rings. The van der Waals surface area contributed by atoms with Gasteiger partial charge < -0.3 is 14.8 Å². The zero-order valence-electron chi connectivity index (χ0n) is 13.5. The number of hydrogen-bond donors (Lipinski definition) is 1. The first-order valence-corrected chi connectivity index (χ1v) is 7.69. The number of nitrogens with one attached hydrogen (secondary N) is 1. The van der Waals surface area contributed by atoms with Gasteiger partial charge in [0.25, 0.3) is 5.91 Å². The van der Waals surface area contributed by atoms with Crippen LogP contribution in [0.25, 0.3) is 10.9 Å². The molecule has 1 N–H and O–H groups in total. The molecule has 5 nitrogen and oxygen atoms in total. The number of amides is 1. The number of anilines is 1. The van der Waals surface area contributed by atoms with Gasteiger partial charge in [0.2, 0.25) is 0 Å². The lowest BCUT2D eigenvalue weighted by Crippen LogP contribution is -2.14. The van der Waals surface area contributed by atoms with Gasteiger partial charge in [-0.2, -0.15) is 0 Å². The van der Waals surface area contributed by atoms with Crippen LogP contribution in [-0.4, -0.2) is 25.1 Å². The minimum absolute atomic E-state index is 0.0216. The number of carbonyl (C=O) groups is 1. The summed E-state index contributed by atoms with van der Waals surface area (Å²) in [5.41, 5.74) is 0.944. The first-order chi connectivity index (χ1) is 12.0. The number of rotatable bonds is 4. The number of fused-ring (bicyclic) bond motifs is 1. The van der Waals surface area contributed by atoms with Crippen molar-refractivity contribution in [3.8, 4) is 11.5 Å². The van der Waals surface area contributed by atoms with Crippen molar-refractivity contribution in [3.63, 3.8) is 0 Å². The molecule has 1 heterocycles. The van der Waals surface area contributed by atoms with Gasteiger partial charge in [0.15, 0.2) is 11.6 Å². The van der Waals surface area contributed by atoms with Gasteiger partial charge in [0.05, 0.1) is 25.4 Å². The predicted molar refractivity (Wildman–Crippen MR) is 94.2 cm³/mol. The molecule has 0 radical (unpaired) electrons. The van der Waals surface area contributed by atoms with E-state index < -0.39 is 11.7 Å². The molecule has 1 aromatic heterocycles. The van der Waals surface area contributed by atoms with Gasteiger partial charge in [-0.3, -0.25) is 4.79 Å². The summed E-state index contributed by atoms with van der Waals surface area (Å²) in [7, 11) is 2.76. The molecule has 128 valence electrons. The summed E-state index contributed by atoms with van der Waals surface area (Å²) in [5, 5.41) is 3.97. The molecule has 7 heteroatoms. The van der Waals surface area contributed by atoms with Crippen molar-refractivity contribution in [3.05, 3.63) is 59.0 Å². The molecular formula is C18H14ClFN2O3. The van der Waals surface area contributed by atoms with Crippen LogP contribution in [0.1, 0.15) is 10.5 Å². The van der Waals surface area contributed by atoms with Crippen LogP contribution >= 0.6 is 11.6 Å². The normalized spacial score (nSPS) is 10.6. The average molecular weight is 361 g/mol. The minimum atomic E-state index is -0.614. The Balaban J connectivity index is 1.93. The zero-order chi connectivity index (χ0) is 18.0. The monoisotopic (exact) mass is 360 g/mol. The van der Waals surface area contributed by atoms with Crippen molar-refractivity contribution in [2.75, 3.05) is 19.5 Å². The summed E-state index contributed by atoms with van der Waals surface area (Å²) in [6, 6.07) is 11.1. The van der Waals surface area contributed by atoms with Crippen molar-refractivity contribution < 1.29 is 18.7 Å². The Morgan fingerprint density at radius 1 is 1.08 bits per heavy atom. The fourth-order valence-corrected chi connectivity index (χ4v) is 2.53. The third-order valence-corrected chi connectivity index (χ3v) is 3.84. The Morgan fingerprint density at radius 3 is 2.52 bits per heavy atom. The number of pyridine rings is 1. The second-order valence-electron chi connectivity index (χ2n) is 5.17. The second-order valence-corrected chi connectivity index (χ2v) is 5.61. The van der Waals surface area contributed by atoms with Gasteiger partial charge in [-0.15, -0.1) is 0 Å². The van der Waals surface area contributed by atoms with E-state index in [2.05, 4.69) is 10.3 Å². The highest BCUT2D eigenvalue weighted by atomic mass is 35.5. The molecule has 0 bridgehead atoms. The van der Waals surface area contributed by atoms with Crippen LogP contribution < -0.4 is 14.8 Å². The Bertz CT molecular complexity index is 962. The zero-order valence-corrected chi connectivity index (χ0v) is 14.2. The van der Waals surface area contributed by atoms with Crippen LogP contribution in [-0.2, 0) is 0 Å². The molecular weight excluding hydrogens is 347 g/mol. The lowest BCUT2D eigenvalue weighted by Gasteiger charge is -2.12. The molecule has 0 aliphatic carbocycles. The first-order valence-electron chi connectivity index (χ1n) is 7.31. The topological polar surface area (TPSA) is 60.5 Å². The average Bonchev–Trinajstić information content (AvgIpc) is 2.61. The summed E-state index contributed by atoms with van der Waals surface area (Å²) >= 11 is 5.96. The van der Waals surface area contributed by atoms with Crippen LogP contribution in [0.2, 0.25) is 5.02 Å². The van der Waals surface area contributed by atoms with E-state index in [0.29, 0.717) is 10.5 Å². The number of aromatic nitrogens is 1. The maximum atomic E-state index is 13.9. The van der Waals surface area contributed by atoms with Crippen LogP contribution in [0.4, 0.5) is 10.1 Å². The molecule has 25 heavy (non-hydrogen) atoms. The van der Waals surface area contributed by atoms with E-state index in [1.54, 1.807) is 24.3 Å². The van der Waals surface area contributed by atoms with Gasteiger partial charge in [-0.1, -0.05) is 23.7 Å². The molecule has 1 amide bonds. The van der Waals surface area contributed by atoms with E-state index in [9.17, 15) is 9.18 Å². The van der Waals surface area contributed by atoms with E-state index in [4.69, 9.17) is 21.1 Å². The van der Waals surface area contributed by atoms with Crippen molar-refractivity contribution in [2.24, 2.45) is 0 Å². The van der Waals surface area contributed by atoms with Gasteiger partial charge in [-0.25, -0.2) is 9.37 Å². The number of carbonyl (C=O) groups excluding carboxylic acids is 1. The van der Waals surface area contributed by atoms with Gasteiger partial charge in [0.1, 0.15) is 11.4 Å². The first kappa shape index (κ1) is 17.0. The largest absolute Gasteiger partial charge is 0.494 e. The van der Waals surface area contributed by atoms with Crippen LogP contribution in [0.15, 0.2) is 42.5 Å². The minimum Gasteiger partial charge on any atom is -0.494 e. The highest BCUT2D eigenvalue weighted by Crippen LogP contribution is 2.32. The lowest BCUT2D eigenvalue weighted by molar-refractivity contribution is 0.102. The molecule has 3 aromatic rings. The number of benzene rings is 2. The quantitative estimate of drug-likeness (QED) is 0.753. The Labute approximate surface area is 148 Å². The number of ether oxygens (including phenoxy) is 2. The molecule has 0 aliphatic heterocycles. The maximum absolute atomic E-state index is 13.9. The van der Waals surface area contributed by atoms with E-state index in [1.807, 2.05) is 6.07 Å².